The number of para-hydroxylation sites is 1. The molecule has 29 heavy (non-hydrogen) atoms. The number of nitrogens with zero attached hydrogens (tertiary/aromatic N) is 5. The standard InChI is InChI=1S/C22H25N5S2/c1-4-26-20(14-17-10-6-5-7-11-17)24-27(22(26)28)15-25(3)16(2)21-23-18-12-8-9-13-19(18)29-21/h5-13,16H,4,14-15H2,1-3H3/t16-/m0/s1. The highest BCUT2D eigenvalue weighted by Gasteiger charge is 2.18. The van der Waals surface area contributed by atoms with Crippen molar-refractivity contribution in [2.24, 2.45) is 0 Å². The molecule has 0 bridgehead atoms. The van der Waals surface area contributed by atoms with Crippen LogP contribution in [-0.4, -0.2) is 31.3 Å². The van der Waals surface area contributed by atoms with E-state index in [4.69, 9.17) is 22.3 Å². The lowest BCUT2D eigenvalue weighted by Gasteiger charge is -2.22. The van der Waals surface area contributed by atoms with Gasteiger partial charge in [0.15, 0.2) is 4.77 Å². The first-order valence-electron chi connectivity index (χ1n) is 9.83. The van der Waals surface area contributed by atoms with Gasteiger partial charge < -0.3 is 4.57 Å². The van der Waals surface area contributed by atoms with Gasteiger partial charge in [-0.3, -0.25) is 4.90 Å². The monoisotopic (exact) mass is 423 g/mol. The number of hydrogen-bond acceptors (Lipinski definition) is 5. The summed E-state index contributed by atoms with van der Waals surface area (Å²) in [5.74, 6) is 1.00. The molecule has 5 nitrogen and oxygen atoms in total. The van der Waals surface area contributed by atoms with Gasteiger partial charge in [-0.1, -0.05) is 42.5 Å². The number of hydrogen-bond donors (Lipinski definition) is 0. The van der Waals surface area contributed by atoms with Crippen LogP contribution in [0.3, 0.4) is 0 Å². The zero-order chi connectivity index (χ0) is 20.4. The van der Waals surface area contributed by atoms with Gasteiger partial charge in [0.25, 0.3) is 0 Å². The molecule has 7 heteroatoms. The molecule has 0 saturated carbocycles. The Labute approximate surface area is 180 Å². The molecule has 4 aromatic rings. The van der Waals surface area contributed by atoms with Gasteiger partial charge in [0.1, 0.15) is 10.8 Å². The topological polar surface area (TPSA) is 38.9 Å². The van der Waals surface area contributed by atoms with Crippen molar-refractivity contribution >= 4 is 33.8 Å². The quantitative estimate of drug-likeness (QED) is 0.379. The van der Waals surface area contributed by atoms with Gasteiger partial charge in [-0.2, -0.15) is 5.10 Å². The van der Waals surface area contributed by atoms with Crippen LogP contribution in [0.25, 0.3) is 10.2 Å². The summed E-state index contributed by atoms with van der Waals surface area (Å²) in [6, 6.07) is 18.9. The Morgan fingerprint density at radius 3 is 2.55 bits per heavy atom. The third-order valence-electron chi connectivity index (χ3n) is 5.21. The van der Waals surface area contributed by atoms with E-state index in [0.29, 0.717) is 6.67 Å². The Morgan fingerprint density at radius 2 is 1.83 bits per heavy atom. The molecular weight excluding hydrogens is 398 g/mol. The second-order valence-corrected chi connectivity index (χ2v) is 8.63. The molecule has 0 saturated heterocycles. The van der Waals surface area contributed by atoms with Gasteiger partial charge in [0, 0.05) is 13.0 Å². The highest BCUT2D eigenvalue weighted by molar-refractivity contribution is 7.71. The number of thiazole rings is 1. The first-order chi connectivity index (χ1) is 14.1. The summed E-state index contributed by atoms with van der Waals surface area (Å²) < 4.78 is 6.04. The maximum absolute atomic E-state index is 5.73. The lowest BCUT2D eigenvalue weighted by atomic mass is 10.1. The van der Waals surface area contributed by atoms with E-state index >= 15 is 0 Å². The molecule has 0 fully saturated rings. The van der Waals surface area contributed by atoms with Crippen molar-refractivity contribution in [2.75, 3.05) is 7.05 Å². The highest BCUT2D eigenvalue weighted by Crippen LogP contribution is 2.29. The lowest BCUT2D eigenvalue weighted by molar-refractivity contribution is 0.194. The smallest absolute Gasteiger partial charge is 0.199 e. The van der Waals surface area contributed by atoms with Gasteiger partial charge in [0.05, 0.1) is 22.9 Å². The minimum atomic E-state index is 0.179. The molecule has 0 amide bonds. The van der Waals surface area contributed by atoms with Crippen LogP contribution in [0.15, 0.2) is 54.6 Å². The molecular formula is C22H25N5S2. The van der Waals surface area contributed by atoms with E-state index in [-0.39, 0.29) is 6.04 Å². The Bertz CT molecular complexity index is 1130. The van der Waals surface area contributed by atoms with Crippen LogP contribution in [0.2, 0.25) is 0 Å². The van der Waals surface area contributed by atoms with Crippen molar-refractivity contribution in [1.82, 2.24) is 24.2 Å². The Balaban J connectivity index is 1.55. The van der Waals surface area contributed by atoms with Gasteiger partial charge in [-0.15, -0.1) is 11.3 Å². The van der Waals surface area contributed by atoms with E-state index in [9.17, 15) is 0 Å². The van der Waals surface area contributed by atoms with Crippen LogP contribution in [0.4, 0.5) is 0 Å². The molecule has 150 valence electrons. The summed E-state index contributed by atoms with van der Waals surface area (Å²) in [5.41, 5.74) is 2.30. The van der Waals surface area contributed by atoms with Crippen molar-refractivity contribution in [3.63, 3.8) is 0 Å². The van der Waals surface area contributed by atoms with E-state index in [1.54, 1.807) is 11.3 Å². The van der Waals surface area contributed by atoms with Gasteiger partial charge in [-0.25, -0.2) is 9.67 Å². The molecule has 0 spiro atoms. The third-order valence-corrected chi connectivity index (χ3v) is 6.84. The van der Waals surface area contributed by atoms with Crippen molar-refractivity contribution in [3.05, 3.63) is 75.8 Å². The lowest BCUT2D eigenvalue weighted by Crippen LogP contribution is -2.26. The second kappa shape index (κ2) is 8.57. The summed E-state index contributed by atoms with van der Waals surface area (Å²) >= 11 is 7.48. The fraction of sp³-hybridized carbons (Fsp3) is 0.318. The van der Waals surface area contributed by atoms with Crippen LogP contribution in [0.5, 0.6) is 0 Å². The Hall–Kier alpha value is -2.35. The SMILES string of the molecule is CCn1c(Cc2ccccc2)nn(CN(C)[C@@H](C)c2nc3ccccc3s2)c1=S. The van der Waals surface area contributed by atoms with Crippen molar-refractivity contribution < 1.29 is 0 Å². The largest absolute Gasteiger partial charge is 0.304 e. The molecule has 2 aromatic carbocycles. The summed E-state index contributed by atoms with van der Waals surface area (Å²) in [4.78, 5) is 7.05. The van der Waals surface area contributed by atoms with Crippen LogP contribution in [0.1, 0.15) is 36.3 Å². The molecule has 0 aliphatic heterocycles. The van der Waals surface area contributed by atoms with Crippen molar-refractivity contribution in [3.8, 4) is 0 Å². The Kier molecular flexibility index (Phi) is 5.89. The van der Waals surface area contributed by atoms with Crippen molar-refractivity contribution in [2.45, 2.75) is 39.5 Å². The molecule has 0 N–H and O–H groups in total. The van der Waals surface area contributed by atoms with Gasteiger partial charge >= 0.3 is 0 Å². The van der Waals surface area contributed by atoms with Gasteiger partial charge in [0.2, 0.25) is 0 Å². The minimum Gasteiger partial charge on any atom is -0.304 e. The van der Waals surface area contributed by atoms with E-state index in [2.05, 4.69) is 72.8 Å². The van der Waals surface area contributed by atoms with E-state index in [0.717, 1.165) is 34.1 Å². The fourth-order valence-electron chi connectivity index (χ4n) is 3.40. The number of benzene rings is 2. The minimum absolute atomic E-state index is 0.179. The van der Waals surface area contributed by atoms with Crippen LogP contribution in [-0.2, 0) is 19.6 Å². The fourth-order valence-corrected chi connectivity index (χ4v) is 4.81. The van der Waals surface area contributed by atoms with Crippen LogP contribution in [0, 0.1) is 4.77 Å². The highest BCUT2D eigenvalue weighted by atomic mass is 32.1. The van der Waals surface area contributed by atoms with Crippen LogP contribution < -0.4 is 0 Å². The number of rotatable bonds is 7. The second-order valence-electron chi connectivity index (χ2n) is 7.20. The number of aromatic nitrogens is 4. The summed E-state index contributed by atoms with van der Waals surface area (Å²) in [7, 11) is 2.10. The Morgan fingerprint density at radius 1 is 1.10 bits per heavy atom. The zero-order valence-electron chi connectivity index (χ0n) is 16.9. The molecule has 2 heterocycles. The first kappa shape index (κ1) is 19.9. The number of fused-ring (bicyclic) bond motifs is 1. The van der Waals surface area contributed by atoms with Gasteiger partial charge in [-0.05, 0) is 50.8 Å². The maximum atomic E-state index is 5.73. The molecule has 0 unspecified atom stereocenters. The van der Waals surface area contributed by atoms with Crippen LogP contribution >= 0.6 is 23.6 Å². The summed E-state index contributed by atoms with van der Waals surface area (Å²) in [5, 5.41) is 5.96. The first-order valence-corrected chi connectivity index (χ1v) is 11.1. The molecule has 0 aliphatic carbocycles. The molecule has 4 rings (SSSR count). The average molecular weight is 424 g/mol. The normalized spacial score (nSPS) is 12.7. The third kappa shape index (κ3) is 4.17. The molecule has 1 atom stereocenters. The average Bonchev–Trinajstić information content (AvgIpc) is 3.29. The van der Waals surface area contributed by atoms with Crippen molar-refractivity contribution in [1.29, 1.82) is 0 Å². The predicted molar refractivity (Wildman–Crippen MR) is 122 cm³/mol. The maximum Gasteiger partial charge on any atom is 0.199 e. The van der Waals surface area contributed by atoms with E-state index < -0.39 is 0 Å². The molecule has 0 aliphatic rings. The molecule has 2 aromatic heterocycles. The summed E-state index contributed by atoms with van der Waals surface area (Å²) in [6.07, 6.45) is 0.780. The van der Waals surface area contributed by atoms with E-state index in [1.165, 1.54) is 10.3 Å². The zero-order valence-corrected chi connectivity index (χ0v) is 18.6. The van der Waals surface area contributed by atoms with E-state index in [1.807, 2.05) is 16.8 Å². The molecule has 0 radical (unpaired) electrons. The summed E-state index contributed by atoms with van der Waals surface area (Å²) in [6.45, 7) is 5.75. The predicted octanol–water partition coefficient (Wildman–Crippen LogP) is 5.28.